The van der Waals surface area contributed by atoms with E-state index in [1.54, 1.807) is 12.1 Å². The van der Waals surface area contributed by atoms with Gasteiger partial charge in [-0.3, -0.25) is 9.59 Å². The van der Waals surface area contributed by atoms with Crippen molar-refractivity contribution in [3.63, 3.8) is 0 Å². The summed E-state index contributed by atoms with van der Waals surface area (Å²) in [6.07, 6.45) is 1.40. The number of nitrogens with one attached hydrogen (secondary N) is 1. The summed E-state index contributed by atoms with van der Waals surface area (Å²) in [5.41, 5.74) is 1.74. The number of ether oxygens (including phenoxy) is 1. The lowest BCUT2D eigenvalue weighted by molar-refractivity contribution is -0.137. The van der Waals surface area contributed by atoms with E-state index >= 15 is 0 Å². The first-order chi connectivity index (χ1) is 11.5. The topological polar surface area (TPSA) is 75.6 Å². The zero-order valence-corrected chi connectivity index (χ0v) is 13.6. The van der Waals surface area contributed by atoms with Gasteiger partial charge in [0.25, 0.3) is 0 Å². The Morgan fingerprint density at radius 3 is 2.38 bits per heavy atom. The molecule has 126 valence electrons. The first-order valence-electron chi connectivity index (χ1n) is 7.90. The Hall–Kier alpha value is -2.82. The highest BCUT2D eigenvalue weighted by Gasteiger charge is 2.09. The fraction of sp³-hybridized carbons (Fsp3) is 0.263. The van der Waals surface area contributed by atoms with Gasteiger partial charge in [0.05, 0.1) is 5.69 Å². The number of hydrogen-bond acceptors (Lipinski definition) is 3. The largest absolute Gasteiger partial charge is 0.481 e. The van der Waals surface area contributed by atoms with Crippen molar-refractivity contribution in [3.05, 3.63) is 54.1 Å². The van der Waals surface area contributed by atoms with Crippen LogP contribution in [0.5, 0.6) is 11.5 Å². The normalized spacial score (nSPS) is 10.2. The molecule has 0 saturated carbocycles. The molecular formula is C19H21NO4. The second-order valence-electron chi connectivity index (χ2n) is 5.56. The van der Waals surface area contributed by atoms with Crippen molar-refractivity contribution in [2.75, 3.05) is 5.32 Å². The van der Waals surface area contributed by atoms with Crippen LogP contribution < -0.4 is 10.1 Å². The Kier molecular flexibility index (Phi) is 6.37. The fourth-order valence-corrected chi connectivity index (χ4v) is 2.17. The third kappa shape index (κ3) is 5.76. The first kappa shape index (κ1) is 17.5. The molecule has 2 aromatic rings. The number of carbonyl (C=O) groups excluding carboxylic acids is 1. The molecule has 5 nitrogen and oxygen atoms in total. The predicted octanol–water partition coefficient (Wildman–Crippen LogP) is 4.37. The Balaban J connectivity index is 1.94. The van der Waals surface area contributed by atoms with E-state index in [1.165, 1.54) is 0 Å². The van der Waals surface area contributed by atoms with E-state index in [0.717, 1.165) is 5.56 Å². The van der Waals surface area contributed by atoms with Crippen molar-refractivity contribution in [2.24, 2.45) is 0 Å². The fourth-order valence-electron chi connectivity index (χ4n) is 2.17. The first-order valence-corrected chi connectivity index (χ1v) is 7.90. The number of aryl methyl sites for hydroxylation is 1. The average Bonchev–Trinajstić information content (AvgIpc) is 2.55. The molecule has 0 unspecified atom stereocenters. The lowest BCUT2D eigenvalue weighted by atomic mass is 10.2. The van der Waals surface area contributed by atoms with Gasteiger partial charge >= 0.3 is 5.97 Å². The van der Waals surface area contributed by atoms with Crippen LogP contribution in [0.3, 0.4) is 0 Å². The highest BCUT2D eigenvalue weighted by atomic mass is 16.5. The zero-order valence-electron chi connectivity index (χ0n) is 13.6. The third-order valence-corrected chi connectivity index (χ3v) is 3.45. The van der Waals surface area contributed by atoms with Gasteiger partial charge in [-0.15, -0.1) is 0 Å². The Bertz CT molecular complexity index is 695. The van der Waals surface area contributed by atoms with Gasteiger partial charge in [-0.2, -0.15) is 0 Å². The zero-order chi connectivity index (χ0) is 17.4. The molecule has 0 heterocycles. The summed E-state index contributed by atoms with van der Waals surface area (Å²) in [4.78, 5) is 22.4. The molecule has 0 bridgehead atoms. The quantitative estimate of drug-likeness (QED) is 0.706. The number of carboxylic acids is 1. The van der Waals surface area contributed by atoms with Crippen molar-refractivity contribution < 1.29 is 19.4 Å². The molecular weight excluding hydrogens is 306 g/mol. The van der Waals surface area contributed by atoms with Gasteiger partial charge in [0, 0.05) is 12.8 Å². The van der Waals surface area contributed by atoms with Crippen molar-refractivity contribution in [3.8, 4) is 11.5 Å². The summed E-state index contributed by atoms with van der Waals surface area (Å²) in [6, 6.07) is 14.9. The average molecular weight is 327 g/mol. The van der Waals surface area contributed by atoms with Gasteiger partial charge in [-0.05, 0) is 44.0 Å². The highest BCUT2D eigenvalue weighted by molar-refractivity contribution is 5.92. The Morgan fingerprint density at radius 1 is 1.00 bits per heavy atom. The molecule has 0 aliphatic heterocycles. The molecule has 2 rings (SSSR count). The Labute approximate surface area is 141 Å². The number of benzene rings is 2. The van der Waals surface area contributed by atoms with Gasteiger partial charge in [0.2, 0.25) is 5.91 Å². The minimum Gasteiger partial charge on any atom is -0.481 e. The van der Waals surface area contributed by atoms with Crippen LogP contribution in [-0.2, 0) is 9.59 Å². The van der Waals surface area contributed by atoms with Gasteiger partial charge in [0.15, 0.2) is 5.75 Å². The SMILES string of the molecule is Cc1ccc(Oc2ccccc2NC(=O)CCCCC(=O)O)cc1. The molecule has 24 heavy (non-hydrogen) atoms. The molecule has 2 N–H and O–H groups in total. The van der Waals surface area contributed by atoms with Gasteiger partial charge in [0.1, 0.15) is 5.75 Å². The molecule has 0 aliphatic rings. The van der Waals surface area contributed by atoms with E-state index in [4.69, 9.17) is 9.84 Å². The van der Waals surface area contributed by atoms with Crippen molar-refractivity contribution in [1.29, 1.82) is 0 Å². The molecule has 0 radical (unpaired) electrons. The number of amides is 1. The standard InChI is InChI=1S/C19H21NO4/c1-14-10-12-15(13-11-14)24-17-7-3-2-6-16(17)20-18(21)8-4-5-9-19(22)23/h2-3,6-7,10-13H,4-5,8-9H2,1H3,(H,20,21)(H,22,23). The van der Waals surface area contributed by atoms with Crippen LogP contribution in [0.4, 0.5) is 5.69 Å². The molecule has 5 heteroatoms. The third-order valence-electron chi connectivity index (χ3n) is 3.45. The van der Waals surface area contributed by atoms with E-state index in [9.17, 15) is 9.59 Å². The van der Waals surface area contributed by atoms with Gasteiger partial charge in [-0.1, -0.05) is 29.8 Å². The van der Waals surface area contributed by atoms with Crippen LogP contribution in [0.25, 0.3) is 0 Å². The predicted molar refractivity (Wildman–Crippen MR) is 92.4 cm³/mol. The smallest absolute Gasteiger partial charge is 0.303 e. The van der Waals surface area contributed by atoms with Crippen LogP contribution >= 0.6 is 0 Å². The molecule has 0 aliphatic carbocycles. The molecule has 0 saturated heterocycles. The summed E-state index contributed by atoms with van der Waals surface area (Å²) in [6.45, 7) is 2.00. The minimum absolute atomic E-state index is 0.0837. The van der Waals surface area contributed by atoms with Crippen molar-refractivity contribution in [2.45, 2.75) is 32.6 Å². The number of aliphatic carboxylic acids is 1. The van der Waals surface area contributed by atoms with E-state index in [0.29, 0.717) is 30.0 Å². The number of unbranched alkanes of at least 4 members (excludes halogenated alkanes) is 1. The molecule has 0 fully saturated rings. The summed E-state index contributed by atoms with van der Waals surface area (Å²) in [5, 5.41) is 11.4. The molecule has 0 aromatic heterocycles. The summed E-state index contributed by atoms with van der Waals surface area (Å²) in [5.74, 6) is 0.275. The van der Waals surface area contributed by atoms with E-state index in [2.05, 4.69) is 5.32 Å². The van der Waals surface area contributed by atoms with Crippen LogP contribution in [0.2, 0.25) is 0 Å². The van der Waals surface area contributed by atoms with Gasteiger partial charge < -0.3 is 15.2 Å². The summed E-state index contributed by atoms with van der Waals surface area (Å²) >= 11 is 0. The summed E-state index contributed by atoms with van der Waals surface area (Å²) < 4.78 is 5.83. The number of hydrogen-bond donors (Lipinski definition) is 2. The van der Waals surface area contributed by atoms with E-state index in [1.807, 2.05) is 43.3 Å². The molecule has 0 atom stereocenters. The lowest BCUT2D eigenvalue weighted by Gasteiger charge is -2.12. The lowest BCUT2D eigenvalue weighted by Crippen LogP contribution is -2.12. The Morgan fingerprint density at radius 2 is 1.67 bits per heavy atom. The number of anilines is 1. The van der Waals surface area contributed by atoms with Crippen LogP contribution in [-0.4, -0.2) is 17.0 Å². The maximum atomic E-state index is 12.0. The highest BCUT2D eigenvalue weighted by Crippen LogP contribution is 2.29. The van der Waals surface area contributed by atoms with Crippen LogP contribution in [0.1, 0.15) is 31.2 Å². The maximum absolute atomic E-state index is 12.0. The van der Waals surface area contributed by atoms with Gasteiger partial charge in [-0.25, -0.2) is 0 Å². The minimum atomic E-state index is -0.841. The monoisotopic (exact) mass is 327 g/mol. The number of carboxylic acid groups (broad SMARTS) is 1. The maximum Gasteiger partial charge on any atom is 0.303 e. The van der Waals surface area contributed by atoms with Crippen molar-refractivity contribution in [1.82, 2.24) is 0 Å². The van der Waals surface area contributed by atoms with Crippen LogP contribution in [0.15, 0.2) is 48.5 Å². The van der Waals surface area contributed by atoms with E-state index in [-0.39, 0.29) is 18.7 Å². The second kappa shape index (κ2) is 8.72. The molecule has 0 spiro atoms. The van der Waals surface area contributed by atoms with Crippen molar-refractivity contribution >= 4 is 17.6 Å². The number of carbonyl (C=O) groups is 2. The second-order valence-corrected chi connectivity index (χ2v) is 5.56. The van der Waals surface area contributed by atoms with E-state index < -0.39 is 5.97 Å². The summed E-state index contributed by atoms with van der Waals surface area (Å²) in [7, 11) is 0. The molecule has 1 amide bonds. The van der Waals surface area contributed by atoms with Crippen LogP contribution in [0, 0.1) is 6.92 Å². The number of para-hydroxylation sites is 2. The number of rotatable bonds is 8. The molecule has 2 aromatic carbocycles.